The van der Waals surface area contributed by atoms with E-state index in [9.17, 15) is 4.39 Å². The number of rotatable bonds is 5. The Labute approximate surface area is 129 Å². The van der Waals surface area contributed by atoms with Crippen LogP contribution in [0.25, 0.3) is 0 Å². The summed E-state index contributed by atoms with van der Waals surface area (Å²) in [6, 6.07) is 6.45. The Morgan fingerprint density at radius 2 is 1.90 bits per heavy atom. The molecule has 0 aliphatic carbocycles. The van der Waals surface area contributed by atoms with E-state index >= 15 is 0 Å². The van der Waals surface area contributed by atoms with Gasteiger partial charge in [0.05, 0.1) is 16.4 Å². The summed E-state index contributed by atoms with van der Waals surface area (Å²) in [5.41, 5.74) is 8.75. The Balaban J connectivity index is 2.19. The molecule has 5 heteroatoms. The molecule has 0 aliphatic rings. The molecule has 0 fully saturated rings. The fourth-order valence-corrected chi connectivity index (χ4v) is 2.75. The van der Waals surface area contributed by atoms with Gasteiger partial charge in [0, 0.05) is 18.5 Å². The van der Waals surface area contributed by atoms with Crippen LogP contribution >= 0.6 is 11.6 Å². The van der Waals surface area contributed by atoms with Crippen LogP contribution in [-0.4, -0.2) is 15.3 Å². The zero-order valence-corrected chi connectivity index (χ0v) is 13.4. The molecule has 0 amide bonds. The summed E-state index contributed by atoms with van der Waals surface area (Å²) in [5, 5.41) is 5.10. The van der Waals surface area contributed by atoms with Gasteiger partial charge in [0.2, 0.25) is 0 Å². The van der Waals surface area contributed by atoms with Crippen LogP contribution in [0.3, 0.4) is 0 Å². The van der Waals surface area contributed by atoms with Crippen molar-refractivity contribution >= 4 is 11.6 Å². The number of nitrogens with zero attached hydrogens (tertiary/aromatic N) is 2. The number of hydrogen-bond donors (Lipinski definition) is 1. The Morgan fingerprint density at radius 3 is 2.48 bits per heavy atom. The molecular weight excluding hydrogens is 289 g/mol. The van der Waals surface area contributed by atoms with E-state index in [1.165, 1.54) is 12.1 Å². The Kier molecular flexibility index (Phi) is 4.69. The highest BCUT2D eigenvalue weighted by molar-refractivity contribution is 6.31. The minimum absolute atomic E-state index is 0.236. The summed E-state index contributed by atoms with van der Waals surface area (Å²) < 4.78 is 14.9. The molecule has 3 nitrogen and oxygen atoms in total. The summed E-state index contributed by atoms with van der Waals surface area (Å²) in [5.74, 6) is -0.236. The van der Waals surface area contributed by atoms with Crippen LogP contribution in [0, 0.1) is 12.7 Å². The third kappa shape index (κ3) is 3.83. The van der Waals surface area contributed by atoms with E-state index in [-0.39, 0.29) is 5.82 Å². The molecule has 114 valence electrons. The smallest absolute Gasteiger partial charge is 0.123 e. The quantitative estimate of drug-likeness (QED) is 0.918. The second kappa shape index (κ2) is 6.16. The lowest BCUT2D eigenvalue weighted by Gasteiger charge is -2.25. The molecule has 0 bridgehead atoms. The first-order valence-corrected chi connectivity index (χ1v) is 7.45. The lowest BCUT2D eigenvalue weighted by Crippen LogP contribution is -2.41. The van der Waals surface area contributed by atoms with Crippen molar-refractivity contribution in [3.8, 4) is 0 Å². The van der Waals surface area contributed by atoms with E-state index in [4.69, 9.17) is 17.3 Å². The van der Waals surface area contributed by atoms with Crippen molar-refractivity contribution < 1.29 is 4.39 Å². The number of hydrogen-bond acceptors (Lipinski definition) is 2. The zero-order chi connectivity index (χ0) is 15.6. The molecule has 0 saturated heterocycles. The van der Waals surface area contributed by atoms with Gasteiger partial charge >= 0.3 is 0 Å². The minimum Gasteiger partial charge on any atom is -0.325 e. The van der Waals surface area contributed by atoms with E-state index in [1.807, 2.05) is 25.5 Å². The zero-order valence-electron chi connectivity index (χ0n) is 12.7. The highest BCUT2D eigenvalue weighted by Gasteiger charge is 2.24. The van der Waals surface area contributed by atoms with Crippen LogP contribution in [0.2, 0.25) is 5.02 Å². The first kappa shape index (κ1) is 16.0. The largest absolute Gasteiger partial charge is 0.325 e. The van der Waals surface area contributed by atoms with E-state index in [1.54, 1.807) is 12.1 Å². The van der Waals surface area contributed by atoms with Crippen molar-refractivity contribution in [1.29, 1.82) is 0 Å². The van der Waals surface area contributed by atoms with E-state index in [0.29, 0.717) is 17.9 Å². The average molecular weight is 310 g/mol. The lowest BCUT2D eigenvalue weighted by atomic mass is 9.89. The number of halogens is 2. The van der Waals surface area contributed by atoms with E-state index < -0.39 is 5.54 Å². The van der Waals surface area contributed by atoms with Crippen LogP contribution in [0.4, 0.5) is 4.39 Å². The summed E-state index contributed by atoms with van der Waals surface area (Å²) in [6.45, 7) is 6.66. The maximum Gasteiger partial charge on any atom is 0.123 e. The Bertz CT molecular complexity index is 617. The van der Waals surface area contributed by atoms with Gasteiger partial charge in [-0.3, -0.25) is 4.68 Å². The number of benzene rings is 1. The first-order valence-electron chi connectivity index (χ1n) is 7.07. The van der Waals surface area contributed by atoms with Crippen LogP contribution in [0.1, 0.15) is 30.8 Å². The van der Waals surface area contributed by atoms with Gasteiger partial charge in [-0.15, -0.1) is 0 Å². The standard InChI is InChI=1S/C16H21ClFN3/c1-4-21-14(15(17)11(2)20-21)10-16(3,19)9-12-5-7-13(18)8-6-12/h5-8H,4,9-10,19H2,1-3H3. The molecule has 0 aliphatic heterocycles. The normalized spacial score (nSPS) is 14.2. The Hall–Kier alpha value is -1.39. The summed E-state index contributed by atoms with van der Waals surface area (Å²) in [7, 11) is 0. The topological polar surface area (TPSA) is 43.8 Å². The highest BCUT2D eigenvalue weighted by Crippen LogP contribution is 2.25. The SMILES string of the molecule is CCn1nc(C)c(Cl)c1CC(C)(N)Cc1ccc(F)cc1. The van der Waals surface area contributed by atoms with Gasteiger partial charge in [0.25, 0.3) is 0 Å². The van der Waals surface area contributed by atoms with Gasteiger partial charge in [-0.25, -0.2) is 4.39 Å². The third-order valence-corrected chi connectivity index (χ3v) is 4.04. The van der Waals surface area contributed by atoms with Gasteiger partial charge in [0.1, 0.15) is 5.82 Å². The molecule has 21 heavy (non-hydrogen) atoms. The number of aromatic nitrogens is 2. The third-order valence-electron chi connectivity index (χ3n) is 3.55. The summed E-state index contributed by atoms with van der Waals surface area (Å²) in [4.78, 5) is 0. The molecule has 1 aromatic heterocycles. The van der Waals surface area contributed by atoms with Gasteiger partial charge in [-0.1, -0.05) is 23.7 Å². The van der Waals surface area contributed by atoms with Crippen molar-refractivity contribution in [2.75, 3.05) is 0 Å². The van der Waals surface area contributed by atoms with Gasteiger partial charge in [-0.05, 0) is 44.9 Å². The van der Waals surface area contributed by atoms with Gasteiger partial charge < -0.3 is 5.73 Å². The lowest BCUT2D eigenvalue weighted by molar-refractivity contribution is 0.441. The molecule has 1 atom stereocenters. The molecule has 1 unspecified atom stereocenters. The van der Waals surface area contributed by atoms with Gasteiger partial charge in [0.15, 0.2) is 0 Å². The molecular formula is C16H21ClFN3. The van der Waals surface area contributed by atoms with Crippen LogP contribution in [0.15, 0.2) is 24.3 Å². The monoisotopic (exact) mass is 309 g/mol. The minimum atomic E-state index is -0.471. The molecule has 1 aromatic carbocycles. The van der Waals surface area contributed by atoms with Crippen molar-refractivity contribution in [3.05, 3.63) is 52.1 Å². The first-order chi connectivity index (χ1) is 9.82. The summed E-state index contributed by atoms with van der Waals surface area (Å²) >= 11 is 6.33. The predicted octanol–water partition coefficient (Wildman–Crippen LogP) is 3.51. The van der Waals surface area contributed by atoms with Crippen LogP contribution < -0.4 is 5.73 Å². The van der Waals surface area contributed by atoms with Crippen LogP contribution in [-0.2, 0) is 19.4 Å². The van der Waals surface area contributed by atoms with Crippen molar-refractivity contribution in [2.24, 2.45) is 5.73 Å². The van der Waals surface area contributed by atoms with Gasteiger partial charge in [-0.2, -0.15) is 5.10 Å². The molecule has 0 spiro atoms. The molecule has 0 radical (unpaired) electrons. The van der Waals surface area contributed by atoms with E-state index in [2.05, 4.69) is 5.10 Å². The number of aryl methyl sites for hydroxylation is 2. The molecule has 2 rings (SSSR count). The van der Waals surface area contributed by atoms with E-state index in [0.717, 1.165) is 23.5 Å². The van der Waals surface area contributed by atoms with Crippen molar-refractivity contribution in [3.63, 3.8) is 0 Å². The maximum absolute atomic E-state index is 13.0. The molecule has 1 heterocycles. The molecule has 2 aromatic rings. The fraction of sp³-hybridized carbons (Fsp3) is 0.438. The second-order valence-electron chi connectivity index (χ2n) is 5.80. The van der Waals surface area contributed by atoms with Crippen LogP contribution in [0.5, 0.6) is 0 Å². The van der Waals surface area contributed by atoms with Crippen molar-refractivity contribution in [2.45, 2.75) is 45.7 Å². The highest BCUT2D eigenvalue weighted by atomic mass is 35.5. The fourth-order valence-electron chi connectivity index (χ4n) is 2.55. The average Bonchev–Trinajstić information content (AvgIpc) is 2.68. The maximum atomic E-state index is 13.0. The molecule has 0 saturated carbocycles. The van der Waals surface area contributed by atoms with Crippen molar-refractivity contribution in [1.82, 2.24) is 9.78 Å². The second-order valence-corrected chi connectivity index (χ2v) is 6.17. The number of nitrogens with two attached hydrogens (primary N) is 1. The summed E-state index contributed by atoms with van der Waals surface area (Å²) in [6.07, 6.45) is 1.27. The molecule has 2 N–H and O–H groups in total. The Morgan fingerprint density at radius 1 is 1.29 bits per heavy atom. The predicted molar refractivity (Wildman–Crippen MR) is 84.0 cm³/mol.